The van der Waals surface area contributed by atoms with E-state index in [4.69, 9.17) is 30.0 Å². The van der Waals surface area contributed by atoms with Crippen molar-refractivity contribution in [3.63, 3.8) is 0 Å². The van der Waals surface area contributed by atoms with Crippen LogP contribution in [0.5, 0.6) is 11.8 Å². The van der Waals surface area contributed by atoms with Crippen LogP contribution < -0.4 is 20.9 Å². The molecule has 0 fully saturated rings. The molecule has 2 aromatic carbocycles. The van der Waals surface area contributed by atoms with Crippen LogP contribution in [0.3, 0.4) is 0 Å². The van der Waals surface area contributed by atoms with Crippen molar-refractivity contribution in [2.75, 3.05) is 39.7 Å². The van der Waals surface area contributed by atoms with Crippen LogP contribution >= 0.6 is 11.8 Å². The highest BCUT2D eigenvalue weighted by atomic mass is 32.2. The minimum atomic E-state index is -0.419. The Labute approximate surface area is 192 Å². The van der Waals surface area contributed by atoms with Crippen LogP contribution in [0.15, 0.2) is 44.3 Å². The van der Waals surface area contributed by atoms with Gasteiger partial charge in [0.25, 0.3) is 11.8 Å². The number of thioether (sulfide) groups is 1. The van der Waals surface area contributed by atoms with Crippen molar-refractivity contribution in [3.8, 4) is 11.8 Å². The SMILES string of the molecule is COC(=O)c1ccc2onc(OCCN)c2c1.CSc1c(F)ccc2onc(OCCN)c12. The van der Waals surface area contributed by atoms with E-state index in [1.54, 1.807) is 24.5 Å². The highest BCUT2D eigenvalue weighted by Gasteiger charge is 2.17. The molecule has 0 bridgehead atoms. The van der Waals surface area contributed by atoms with Gasteiger partial charge in [0.15, 0.2) is 11.2 Å². The summed E-state index contributed by atoms with van der Waals surface area (Å²) >= 11 is 1.29. The van der Waals surface area contributed by atoms with Gasteiger partial charge < -0.3 is 34.7 Å². The van der Waals surface area contributed by atoms with Gasteiger partial charge in [-0.15, -0.1) is 11.8 Å². The molecule has 176 valence electrons. The Morgan fingerprint density at radius 1 is 1.03 bits per heavy atom. The third-order valence-electron chi connectivity index (χ3n) is 4.29. The second-order valence-corrected chi connectivity index (χ2v) is 7.22. The first-order valence-corrected chi connectivity index (χ1v) is 11.0. The summed E-state index contributed by atoms with van der Waals surface area (Å²) in [5.41, 5.74) is 12.1. The Bertz CT molecular complexity index is 1230. The van der Waals surface area contributed by atoms with E-state index in [9.17, 15) is 9.18 Å². The number of fused-ring (bicyclic) bond motifs is 2. The summed E-state index contributed by atoms with van der Waals surface area (Å²) in [6, 6.07) is 7.75. The number of esters is 1. The first-order chi connectivity index (χ1) is 16.0. The van der Waals surface area contributed by atoms with Gasteiger partial charge in [-0.2, -0.15) is 0 Å². The number of hydrogen-bond acceptors (Lipinski definition) is 11. The first-order valence-electron chi connectivity index (χ1n) is 9.79. The second kappa shape index (κ2) is 11.5. The molecule has 0 aliphatic rings. The zero-order valence-corrected chi connectivity index (χ0v) is 18.8. The minimum absolute atomic E-state index is 0.296. The van der Waals surface area contributed by atoms with Crippen molar-refractivity contribution in [2.24, 2.45) is 11.5 Å². The van der Waals surface area contributed by atoms with Gasteiger partial charge >= 0.3 is 5.97 Å². The first kappa shape index (κ1) is 24.3. The van der Waals surface area contributed by atoms with Gasteiger partial charge in [-0.3, -0.25) is 0 Å². The molecule has 4 rings (SSSR count). The lowest BCUT2D eigenvalue weighted by atomic mass is 10.1. The molecular weight excluding hydrogens is 455 g/mol. The van der Waals surface area contributed by atoms with Crippen LogP contribution in [-0.2, 0) is 4.74 Å². The van der Waals surface area contributed by atoms with Crippen molar-refractivity contribution < 1.29 is 32.4 Å². The van der Waals surface area contributed by atoms with Crippen LogP contribution in [0.2, 0.25) is 0 Å². The molecule has 0 radical (unpaired) electrons. The molecule has 4 N–H and O–H groups in total. The summed E-state index contributed by atoms with van der Waals surface area (Å²) in [4.78, 5) is 11.8. The average Bonchev–Trinajstić information content (AvgIpc) is 3.44. The number of hydrogen-bond donors (Lipinski definition) is 2. The number of benzene rings is 2. The quantitative estimate of drug-likeness (QED) is 0.284. The highest BCUT2D eigenvalue weighted by Crippen LogP contribution is 2.35. The molecular formula is C21H23FN4O6S. The maximum absolute atomic E-state index is 13.5. The molecule has 0 saturated carbocycles. The smallest absolute Gasteiger partial charge is 0.337 e. The fourth-order valence-corrected chi connectivity index (χ4v) is 3.48. The fraction of sp³-hybridized carbons (Fsp3) is 0.286. The molecule has 0 amide bonds. The minimum Gasteiger partial charge on any atom is -0.474 e. The number of ether oxygens (including phenoxy) is 3. The monoisotopic (exact) mass is 478 g/mol. The summed E-state index contributed by atoms with van der Waals surface area (Å²) in [6.07, 6.45) is 1.79. The number of carbonyl (C=O) groups excluding carboxylic acids is 1. The number of rotatable bonds is 8. The van der Waals surface area contributed by atoms with E-state index in [2.05, 4.69) is 15.1 Å². The van der Waals surface area contributed by atoms with Crippen LogP contribution in [0.1, 0.15) is 10.4 Å². The third-order valence-corrected chi connectivity index (χ3v) is 5.09. The molecule has 4 aromatic rings. The van der Waals surface area contributed by atoms with Gasteiger partial charge in [-0.25, -0.2) is 9.18 Å². The molecule has 2 aromatic heterocycles. The number of carbonyl (C=O) groups is 1. The largest absolute Gasteiger partial charge is 0.474 e. The summed E-state index contributed by atoms with van der Waals surface area (Å²) < 4.78 is 38.8. The summed E-state index contributed by atoms with van der Waals surface area (Å²) in [5, 5.41) is 8.70. The van der Waals surface area contributed by atoms with Crippen molar-refractivity contribution >= 4 is 39.7 Å². The summed E-state index contributed by atoms with van der Waals surface area (Å²) in [5.74, 6) is -0.0980. The van der Waals surface area contributed by atoms with E-state index >= 15 is 0 Å². The number of halogens is 1. The molecule has 0 spiro atoms. The predicted molar refractivity (Wildman–Crippen MR) is 120 cm³/mol. The third kappa shape index (κ3) is 5.53. The standard InChI is InChI=1S/C11H12N2O4.C10H11FN2O2S/c1-15-11(14)7-2-3-9-8(6-7)10(13-17-9)16-5-4-12;1-16-9-6(11)2-3-7-8(9)10(13-15-7)14-5-4-12/h2-3,6H,4-5,12H2,1H3;2-3H,4-5,12H2,1H3. The summed E-state index contributed by atoms with van der Waals surface area (Å²) in [6.45, 7) is 1.42. The predicted octanol–water partition coefficient (Wildman–Crippen LogP) is 2.98. The Hall–Kier alpha value is -3.35. The maximum Gasteiger partial charge on any atom is 0.337 e. The van der Waals surface area contributed by atoms with Gasteiger partial charge in [-0.05, 0) is 46.9 Å². The van der Waals surface area contributed by atoms with Gasteiger partial charge in [0.2, 0.25) is 0 Å². The van der Waals surface area contributed by atoms with E-state index in [0.29, 0.717) is 70.5 Å². The normalized spacial score (nSPS) is 10.7. The molecule has 0 unspecified atom stereocenters. The Balaban J connectivity index is 0.000000186. The Morgan fingerprint density at radius 2 is 1.67 bits per heavy atom. The lowest BCUT2D eigenvalue weighted by Gasteiger charge is -2.03. The Morgan fingerprint density at radius 3 is 2.33 bits per heavy atom. The molecule has 2 heterocycles. The van der Waals surface area contributed by atoms with Crippen LogP contribution in [0, 0.1) is 5.82 Å². The average molecular weight is 479 g/mol. The topological polar surface area (TPSA) is 149 Å². The number of methoxy groups -OCH3 is 1. The molecule has 10 nitrogen and oxygen atoms in total. The molecule has 0 atom stereocenters. The lowest BCUT2D eigenvalue weighted by molar-refractivity contribution is 0.0601. The molecule has 0 aliphatic carbocycles. The number of nitrogens with two attached hydrogens (primary N) is 2. The summed E-state index contributed by atoms with van der Waals surface area (Å²) in [7, 11) is 1.33. The zero-order chi connectivity index (χ0) is 23.8. The van der Waals surface area contributed by atoms with Crippen LogP contribution in [0.25, 0.3) is 21.9 Å². The number of nitrogens with zero attached hydrogens (tertiary/aromatic N) is 2. The van der Waals surface area contributed by atoms with Gasteiger partial charge in [0, 0.05) is 13.1 Å². The van der Waals surface area contributed by atoms with Crippen molar-refractivity contribution in [3.05, 3.63) is 41.7 Å². The van der Waals surface area contributed by atoms with E-state index in [1.807, 2.05) is 0 Å². The van der Waals surface area contributed by atoms with Gasteiger partial charge in [-0.1, -0.05) is 0 Å². The van der Waals surface area contributed by atoms with Crippen LogP contribution in [0.4, 0.5) is 4.39 Å². The molecule has 0 saturated heterocycles. The van der Waals surface area contributed by atoms with Crippen LogP contribution in [-0.4, -0.2) is 56.0 Å². The Kier molecular flexibility index (Phi) is 8.46. The highest BCUT2D eigenvalue weighted by molar-refractivity contribution is 7.98. The van der Waals surface area contributed by atoms with E-state index in [1.165, 1.54) is 31.0 Å². The van der Waals surface area contributed by atoms with Gasteiger partial charge in [0.05, 0.1) is 23.0 Å². The molecule has 0 aliphatic heterocycles. The van der Waals surface area contributed by atoms with E-state index in [0.717, 1.165) is 0 Å². The zero-order valence-electron chi connectivity index (χ0n) is 18.0. The van der Waals surface area contributed by atoms with E-state index < -0.39 is 5.97 Å². The van der Waals surface area contributed by atoms with Gasteiger partial charge in [0.1, 0.15) is 24.4 Å². The van der Waals surface area contributed by atoms with Crippen molar-refractivity contribution in [2.45, 2.75) is 4.90 Å². The molecule has 33 heavy (non-hydrogen) atoms. The maximum atomic E-state index is 13.5. The van der Waals surface area contributed by atoms with E-state index in [-0.39, 0.29) is 5.82 Å². The fourth-order valence-electron chi connectivity index (χ4n) is 2.83. The lowest BCUT2D eigenvalue weighted by Crippen LogP contribution is -2.10. The van der Waals surface area contributed by atoms with Crippen molar-refractivity contribution in [1.29, 1.82) is 0 Å². The van der Waals surface area contributed by atoms with Crippen molar-refractivity contribution in [1.82, 2.24) is 10.3 Å². The number of aromatic nitrogens is 2. The second-order valence-electron chi connectivity index (χ2n) is 6.41. The molecule has 12 heteroatoms.